The summed E-state index contributed by atoms with van der Waals surface area (Å²) in [5.41, 5.74) is 2.60. The van der Waals surface area contributed by atoms with Gasteiger partial charge in [-0.15, -0.1) is 0 Å². The number of aryl methyl sites for hydroxylation is 1. The summed E-state index contributed by atoms with van der Waals surface area (Å²) in [6, 6.07) is 13.9. The lowest BCUT2D eigenvalue weighted by molar-refractivity contribution is 0.0951. The van der Waals surface area contributed by atoms with E-state index in [1.54, 1.807) is 0 Å². The molecule has 2 rings (SSSR count). The van der Waals surface area contributed by atoms with Crippen molar-refractivity contribution in [1.82, 2.24) is 10.0 Å². The Kier molecular flexibility index (Phi) is 6.33. The van der Waals surface area contributed by atoms with Gasteiger partial charge in [-0.05, 0) is 42.7 Å². The molecule has 0 saturated heterocycles. The van der Waals surface area contributed by atoms with Crippen molar-refractivity contribution in [3.8, 4) is 0 Å². The Labute approximate surface area is 149 Å². The molecular formula is C19H24N2O3S. The van der Waals surface area contributed by atoms with Gasteiger partial charge in [-0.1, -0.05) is 43.7 Å². The minimum absolute atomic E-state index is 0.156. The minimum Gasteiger partial charge on any atom is -0.348 e. The zero-order valence-electron chi connectivity index (χ0n) is 14.7. The molecule has 0 heterocycles. The summed E-state index contributed by atoms with van der Waals surface area (Å²) in [5, 5.41) is 2.83. The lowest BCUT2D eigenvalue weighted by Crippen LogP contribution is -2.27. The summed E-state index contributed by atoms with van der Waals surface area (Å²) in [7, 11) is -3.54. The molecule has 5 nitrogen and oxygen atoms in total. The maximum Gasteiger partial charge on any atom is 0.251 e. The van der Waals surface area contributed by atoms with Crippen LogP contribution in [0.3, 0.4) is 0 Å². The fraction of sp³-hybridized carbons (Fsp3) is 0.316. The molecule has 2 aromatic rings. The summed E-state index contributed by atoms with van der Waals surface area (Å²) in [6.45, 7) is 6.68. The third-order valence-electron chi connectivity index (χ3n) is 3.68. The summed E-state index contributed by atoms with van der Waals surface area (Å²) in [6.07, 6.45) is 0. The van der Waals surface area contributed by atoms with E-state index in [9.17, 15) is 13.2 Å². The van der Waals surface area contributed by atoms with E-state index < -0.39 is 10.0 Å². The third-order valence-corrected chi connectivity index (χ3v) is 5.12. The Morgan fingerprint density at radius 3 is 2.16 bits per heavy atom. The van der Waals surface area contributed by atoms with E-state index in [2.05, 4.69) is 10.0 Å². The fourth-order valence-corrected chi connectivity index (χ4v) is 3.35. The molecule has 6 heteroatoms. The van der Waals surface area contributed by atoms with Crippen LogP contribution in [0.1, 0.15) is 35.3 Å². The van der Waals surface area contributed by atoms with Crippen molar-refractivity contribution in [1.29, 1.82) is 0 Å². The highest BCUT2D eigenvalue weighted by Crippen LogP contribution is 2.11. The molecule has 0 radical (unpaired) electrons. The minimum atomic E-state index is -3.54. The molecular weight excluding hydrogens is 336 g/mol. The highest BCUT2D eigenvalue weighted by molar-refractivity contribution is 7.89. The summed E-state index contributed by atoms with van der Waals surface area (Å²) in [4.78, 5) is 12.3. The van der Waals surface area contributed by atoms with Crippen LogP contribution in [-0.4, -0.2) is 20.9 Å². The molecule has 0 saturated carbocycles. The summed E-state index contributed by atoms with van der Waals surface area (Å²) < 4.78 is 26.8. The van der Waals surface area contributed by atoms with Gasteiger partial charge in [-0.3, -0.25) is 4.79 Å². The molecule has 0 aliphatic carbocycles. The normalized spacial score (nSPS) is 11.5. The first kappa shape index (κ1) is 19.1. The molecule has 0 atom stereocenters. The van der Waals surface area contributed by atoms with Crippen LogP contribution in [0.2, 0.25) is 0 Å². The number of carbonyl (C=O) groups is 1. The Balaban J connectivity index is 1.98. The largest absolute Gasteiger partial charge is 0.348 e. The topological polar surface area (TPSA) is 75.3 Å². The van der Waals surface area contributed by atoms with Crippen molar-refractivity contribution in [2.24, 2.45) is 5.92 Å². The van der Waals surface area contributed by atoms with E-state index in [1.807, 2.05) is 45.0 Å². The maximum atomic E-state index is 12.2. The predicted octanol–water partition coefficient (Wildman–Crippen LogP) is 2.86. The van der Waals surface area contributed by atoms with Gasteiger partial charge in [0.05, 0.1) is 4.90 Å². The van der Waals surface area contributed by atoms with Crippen LogP contribution in [0.15, 0.2) is 53.4 Å². The van der Waals surface area contributed by atoms with E-state index in [0.717, 1.165) is 11.1 Å². The van der Waals surface area contributed by atoms with Crippen molar-refractivity contribution in [3.63, 3.8) is 0 Å². The van der Waals surface area contributed by atoms with Gasteiger partial charge >= 0.3 is 0 Å². The molecule has 2 aromatic carbocycles. The highest BCUT2D eigenvalue weighted by Gasteiger charge is 2.15. The van der Waals surface area contributed by atoms with Gasteiger partial charge in [-0.25, -0.2) is 13.1 Å². The molecule has 0 unspecified atom stereocenters. The smallest absolute Gasteiger partial charge is 0.251 e. The van der Waals surface area contributed by atoms with Crippen LogP contribution < -0.4 is 10.0 Å². The second kappa shape index (κ2) is 8.27. The van der Waals surface area contributed by atoms with Crippen LogP contribution >= 0.6 is 0 Å². The molecule has 134 valence electrons. The first-order chi connectivity index (χ1) is 11.8. The van der Waals surface area contributed by atoms with Crippen LogP contribution in [0.25, 0.3) is 0 Å². The lowest BCUT2D eigenvalue weighted by atomic mass is 10.1. The Morgan fingerprint density at radius 2 is 1.60 bits per heavy atom. The van der Waals surface area contributed by atoms with Gasteiger partial charge in [0.2, 0.25) is 10.0 Å². The maximum absolute atomic E-state index is 12.2. The van der Waals surface area contributed by atoms with E-state index in [-0.39, 0.29) is 16.7 Å². The average molecular weight is 360 g/mol. The van der Waals surface area contributed by atoms with Crippen molar-refractivity contribution in [3.05, 3.63) is 65.2 Å². The molecule has 0 aromatic heterocycles. The zero-order valence-corrected chi connectivity index (χ0v) is 15.6. The number of amides is 1. The monoisotopic (exact) mass is 360 g/mol. The van der Waals surface area contributed by atoms with E-state index >= 15 is 0 Å². The Bertz CT molecular complexity index is 811. The predicted molar refractivity (Wildman–Crippen MR) is 98.8 cm³/mol. The first-order valence-corrected chi connectivity index (χ1v) is 9.70. The zero-order chi connectivity index (χ0) is 18.4. The van der Waals surface area contributed by atoms with Crippen LogP contribution in [0.4, 0.5) is 0 Å². The molecule has 25 heavy (non-hydrogen) atoms. The molecule has 0 aliphatic rings. The number of hydrogen-bond donors (Lipinski definition) is 2. The quantitative estimate of drug-likeness (QED) is 0.797. The van der Waals surface area contributed by atoms with Gasteiger partial charge in [-0.2, -0.15) is 0 Å². The second-order valence-electron chi connectivity index (χ2n) is 6.44. The molecule has 0 spiro atoms. The second-order valence-corrected chi connectivity index (χ2v) is 8.21. The number of nitrogens with one attached hydrogen (secondary N) is 2. The van der Waals surface area contributed by atoms with Crippen molar-refractivity contribution >= 4 is 15.9 Å². The summed E-state index contributed by atoms with van der Waals surface area (Å²) in [5.74, 6) is -0.0127. The van der Waals surface area contributed by atoms with E-state index in [4.69, 9.17) is 0 Å². The van der Waals surface area contributed by atoms with Crippen molar-refractivity contribution in [2.45, 2.75) is 32.2 Å². The van der Waals surface area contributed by atoms with Crippen LogP contribution in [0.5, 0.6) is 0 Å². The van der Waals surface area contributed by atoms with Gasteiger partial charge in [0.25, 0.3) is 5.91 Å². The SMILES string of the molecule is Cc1ccc(CNC(=O)c2ccc(S(=O)(=O)NCC(C)C)cc2)cc1. The van der Waals surface area contributed by atoms with Crippen LogP contribution in [0, 0.1) is 12.8 Å². The summed E-state index contributed by atoms with van der Waals surface area (Å²) >= 11 is 0. The number of rotatable bonds is 7. The molecule has 0 fully saturated rings. The fourth-order valence-electron chi connectivity index (χ4n) is 2.14. The number of carbonyl (C=O) groups excluding carboxylic acids is 1. The Morgan fingerprint density at radius 1 is 1.00 bits per heavy atom. The Hall–Kier alpha value is -2.18. The molecule has 0 bridgehead atoms. The number of benzene rings is 2. The van der Waals surface area contributed by atoms with Gasteiger partial charge in [0, 0.05) is 18.7 Å². The highest BCUT2D eigenvalue weighted by atomic mass is 32.2. The van der Waals surface area contributed by atoms with Gasteiger partial charge in [0.15, 0.2) is 0 Å². The molecule has 0 aliphatic heterocycles. The lowest BCUT2D eigenvalue weighted by Gasteiger charge is -2.10. The van der Waals surface area contributed by atoms with E-state index in [1.165, 1.54) is 24.3 Å². The van der Waals surface area contributed by atoms with E-state index in [0.29, 0.717) is 18.7 Å². The molecule has 2 N–H and O–H groups in total. The molecule has 1 amide bonds. The van der Waals surface area contributed by atoms with Crippen molar-refractivity contribution in [2.75, 3.05) is 6.54 Å². The number of hydrogen-bond acceptors (Lipinski definition) is 3. The van der Waals surface area contributed by atoms with Gasteiger partial charge in [0.1, 0.15) is 0 Å². The number of sulfonamides is 1. The average Bonchev–Trinajstić information content (AvgIpc) is 2.59. The van der Waals surface area contributed by atoms with Crippen LogP contribution in [-0.2, 0) is 16.6 Å². The van der Waals surface area contributed by atoms with Crippen molar-refractivity contribution < 1.29 is 13.2 Å². The standard InChI is InChI=1S/C19H24N2O3S/c1-14(2)12-21-25(23,24)18-10-8-17(9-11-18)19(22)20-13-16-6-4-15(3)5-7-16/h4-11,14,21H,12-13H2,1-3H3,(H,20,22). The third kappa shape index (κ3) is 5.69. The first-order valence-electron chi connectivity index (χ1n) is 8.21. The van der Waals surface area contributed by atoms with Gasteiger partial charge < -0.3 is 5.32 Å².